The molecule has 0 amide bonds. The maximum absolute atomic E-state index is 15.2. The number of fused-ring (bicyclic) bond motifs is 1. The number of Topliss-reactive ketones (excluding diaryl/α,β-unsaturated/α-hetero) is 2. The van der Waals surface area contributed by atoms with Gasteiger partial charge in [-0.3, -0.25) is 9.59 Å². The molecule has 3 saturated carbocycles. The van der Waals surface area contributed by atoms with Gasteiger partial charge in [-0.05, 0) is 80.4 Å². The Hall–Kier alpha value is -3.53. The van der Waals surface area contributed by atoms with E-state index in [1.807, 2.05) is 78.8 Å². The molecule has 0 aromatic heterocycles. The first-order chi connectivity index (χ1) is 22.4. The molecule has 4 bridgehead atoms. The van der Waals surface area contributed by atoms with Gasteiger partial charge in [0.2, 0.25) is 0 Å². The molecule has 3 aliphatic heterocycles. The molecule has 9 atom stereocenters. The second-order valence-corrected chi connectivity index (χ2v) is 15.2. The summed E-state index contributed by atoms with van der Waals surface area (Å²) in [5.74, 6) is -3.95. The van der Waals surface area contributed by atoms with Crippen LogP contribution in [0.4, 0.5) is 0 Å². The molecule has 0 aromatic rings. The molecule has 4 aliphatic carbocycles. The van der Waals surface area contributed by atoms with Crippen molar-refractivity contribution in [1.82, 2.24) is 0 Å². The van der Waals surface area contributed by atoms with Crippen LogP contribution in [0.15, 0.2) is 82.4 Å². The molecule has 9 nitrogen and oxygen atoms in total. The van der Waals surface area contributed by atoms with Crippen LogP contribution < -0.4 is 0 Å². The molecule has 1 spiro atoms. The zero-order valence-corrected chi connectivity index (χ0v) is 29.2. The molecular formula is C39H48O9. The molecule has 2 N–H and O–H groups in total. The zero-order valence-electron chi connectivity index (χ0n) is 29.2. The number of carboxylic acid groups (broad SMARTS) is 1. The van der Waals surface area contributed by atoms with Crippen LogP contribution in [0.3, 0.4) is 0 Å². The van der Waals surface area contributed by atoms with Crippen molar-refractivity contribution < 1.29 is 43.5 Å². The quantitative estimate of drug-likeness (QED) is 0.177. The number of allylic oxidation sites excluding steroid dienone is 5. The van der Waals surface area contributed by atoms with E-state index < -0.39 is 64.3 Å². The lowest BCUT2D eigenvalue weighted by molar-refractivity contribution is -0.259. The Labute approximate surface area is 282 Å². The average Bonchev–Trinajstić information content (AvgIpc) is 3.14. The largest absolute Gasteiger partial charge is 0.485 e. The molecule has 5 fully saturated rings. The van der Waals surface area contributed by atoms with E-state index in [9.17, 15) is 19.8 Å². The number of aliphatic hydroxyl groups excluding tert-OH is 1. The van der Waals surface area contributed by atoms with Gasteiger partial charge in [-0.1, -0.05) is 42.0 Å². The van der Waals surface area contributed by atoms with Crippen molar-refractivity contribution >= 4 is 17.5 Å². The summed E-state index contributed by atoms with van der Waals surface area (Å²) in [6, 6.07) is 0. The molecule has 2 saturated heterocycles. The highest BCUT2D eigenvalue weighted by Crippen LogP contribution is 2.71. The molecule has 7 aliphatic rings. The van der Waals surface area contributed by atoms with E-state index in [0.717, 1.165) is 11.1 Å². The van der Waals surface area contributed by atoms with Gasteiger partial charge in [-0.2, -0.15) is 0 Å². The molecule has 0 radical (unpaired) electrons. The van der Waals surface area contributed by atoms with E-state index in [1.165, 1.54) is 13.0 Å². The Morgan fingerprint density at radius 2 is 1.83 bits per heavy atom. The molecule has 9 heteroatoms. The summed E-state index contributed by atoms with van der Waals surface area (Å²) in [6.45, 7) is 19.1. The van der Waals surface area contributed by atoms with Gasteiger partial charge in [0.15, 0.2) is 22.8 Å². The Kier molecular flexibility index (Phi) is 8.25. The normalized spacial score (nSPS) is 39.1. The number of aliphatic carboxylic acids is 1. The predicted octanol–water partition coefficient (Wildman–Crippen LogP) is 5.87. The van der Waals surface area contributed by atoms with Crippen LogP contribution in [-0.4, -0.2) is 69.0 Å². The lowest BCUT2D eigenvalue weighted by Crippen LogP contribution is -2.80. The Bertz CT molecular complexity index is 1660. The maximum Gasteiger partial charge on any atom is 0.330 e. The third-order valence-corrected chi connectivity index (χ3v) is 11.2. The summed E-state index contributed by atoms with van der Waals surface area (Å²) in [4.78, 5) is 41.8. The van der Waals surface area contributed by atoms with Crippen molar-refractivity contribution in [1.29, 1.82) is 0 Å². The van der Waals surface area contributed by atoms with Crippen LogP contribution in [-0.2, 0) is 33.3 Å². The highest BCUT2D eigenvalue weighted by molar-refractivity contribution is 6.01. The summed E-state index contributed by atoms with van der Waals surface area (Å²) in [6.07, 6.45) is 9.62. The maximum atomic E-state index is 15.2. The Balaban J connectivity index is 1.61. The summed E-state index contributed by atoms with van der Waals surface area (Å²) in [5, 5.41) is 21.8. The van der Waals surface area contributed by atoms with Crippen LogP contribution in [0.2, 0.25) is 0 Å². The molecular weight excluding hydrogens is 612 g/mol. The zero-order chi connectivity index (χ0) is 35.1. The van der Waals surface area contributed by atoms with Gasteiger partial charge in [0.05, 0.1) is 23.7 Å². The van der Waals surface area contributed by atoms with Gasteiger partial charge in [-0.15, -0.1) is 0 Å². The SMILES string of the molecule is C=C(C)/C=C/[C@@]1(C)C=CC2=C(O1)C(CC=C(C)C)=C1O[C@]34C(C(=O)[C@@H]1C2O)[C@@H](OCC)[C@@H]1C[C@H]3C(C)(C)O[C@@]4(C/C=C(\C)C(=O)O)C1=O. The standard InChI is InChI=1S/C39H48O9/c1-10-45-33-25-19-26-36(7,8)48-38(34(25)42,18-14-22(6)35(43)44)39(26)28(33)30(41)27-29(40)23-15-17-37(9,16-13-21(4)5)46-31(23)24(32(27)47-39)12-11-20(2)3/h11,13-17,25-29,33,40H,4,10,12,18-19H2,1-3,5-9H3,(H,43,44)/b16-13+,22-14+/t25-,26-,27-,28?,29?,33-,37-,38-,39-/m0/s1. The number of carbonyl (C=O) groups excluding carboxylic acids is 2. The van der Waals surface area contributed by atoms with Gasteiger partial charge in [0.25, 0.3) is 0 Å². The average molecular weight is 661 g/mol. The third kappa shape index (κ3) is 4.79. The van der Waals surface area contributed by atoms with Gasteiger partial charge >= 0.3 is 5.97 Å². The van der Waals surface area contributed by atoms with E-state index in [0.29, 0.717) is 29.7 Å². The van der Waals surface area contributed by atoms with Gasteiger partial charge in [-0.25, -0.2) is 4.79 Å². The molecule has 258 valence electrons. The fourth-order valence-corrected chi connectivity index (χ4v) is 9.09. The van der Waals surface area contributed by atoms with Crippen molar-refractivity contribution in [2.75, 3.05) is 6.61 Å². The first kappa shape index (κ1) is 34.3. The molecule has 2 unspecified atom stereocenters. The molecule has 0 aromatic carbocycles. The van der Waals surface area contributed by atoms with Crippen LogP contribution in [0, 0.1) is 23.7 Å². The van der Waals surface area contributed by atoms with Gasteiger partial charge in [0, 0.05) is 41.6 Å². The van der Waals surface area contributed by atoms with E-state index in [4.69, 9.17) is 18.9 Å². The summed E-state index contributed by atoms with van der Waals surface area (Å²) < 4.78 is 27.1. The predicted molar refractivity (Wildman–Crippen MR) is 178 cm³/mol. The minimum atomic E-state index is -1.65. The first-order valence-corrected chi connectivity index (χ1v) is 17.0. The highest BCUT2D eigenvalue weighted by Gasteiger charge is 2.86. The smallest absolute Gasteiger partial charge is 0.330 e. The van der Waals surface area contributed by atoms with Crippen molar-refractivity contribution in [2.45, 2.75) is 109 Å². The van der Waals surface area contributed by atoms with Gasteiger partial charge < -0.3 is 29.2 Å². The van der Waals surface area contributed by atoms with Crippen LogP contribution in [0.5, 0.6) is 0 Å². The minimum Gasteiger partial charge on any atom is -0.485 e. The van der Waals surface area contributed by atoms with Crippen molar-refractivity contribution in [3.63, 3.8) is 0 Å². The second-order valence-electron chi connectivity index (χ2n) is 15.2. The number of ketones is 2. The van der Waals surface area contributed by atoms with E-state index >= 15 is 4.79 Å². The number of hydrogen-bond donors (Lipinski definition) is 2. The third-order valence-electron chi connectivity index (χ3n) is 11.2. The number of rotatable bonds is 9. The van der Waals surface area contributed by atoms with Crippen LogP contribution in [0.1, 0.15) is 74.7 Å². The van der Waals surface area contributed by atoms with Crippen molar-refractivity contribution in [3.8, 4) is 0 Å². The minimum absolute atomic E-state index is 0.0636. The lowest BCUT2D eigenvalue weighted by Gasteiger charge is -2.64. The second kappa shape index (κ2) is 11.5. The van der Waals surface area contributed by atoms with E-state index in [2.05, 4.69) is 6.58 Å². The van der Waals surface area contributed by atoms with E-state index in [-0.39, 0.29) is 35.9 Å². The first-order valence-electron chi connectivity index (χ1n) is 17.0. The monoisotopic (exact) mass is 660 g/mol. The molecule has 48 heavy (non-hydrogen) atoms. The van der Waals surface area contributed by atoms with Crippen LogP contribution >= 0.6 is 0 Å². The fraction of sp³-hybridized carbons (Fsp3) is 0.564. The summed E-state index contributed by atoms with van der Waals surface area (Å²) in [5.41, 5.74) is -1.86. The number of aliphatic hydroxyl groups is 1. The topological polar surface area (TPSA) is 129 Å². The van der Waals surface area contributed by atoms with E-state index in [1.54, 1.807) is 0 Å². The van der Waals surface area contributed by atoms with Crippen molar-refractivity contribution in [3.05, 3.63) is 82.4 Å². The fourth-order valence-electron chi connectivity index (χ4n) is 9.09. The number of ether oxygens (including phenoxy) is 4. The Morgan fingerprint density at radius 3 is 2.46 bits per heavy atom. The Morgan fingerprint density at radius 1 is 1.12 bits per heavy atom. The van der Waals surface area contributed by atoms with Crippen molar-refractivity contribution in [2.24, 2.45) is 23.7 Å². The van der Waals surface area contributed by atoms with Gasteiger partial charge in [0.1, 0.15) is 23.0 Å². The molecule has 7 rings (SSSR count). The number of carboxylic acids is 1. The number of hydrogen-bond acceptors (Lipinski definition) is 8. The lowest BCUT2D eigenvalue weighted by atomic mass is 9.44. The van der Waals surface area contributed by atoms with Crippen LogP contribution in [0.25, 0.3) is 0 Å². The summed E-state index contributed by atoms with van der Waals surface area (Å²) in [7, 11) is 0. The highest BCUT2D eigenvalue weighted by atomic mass is 16.6. The summed E-state index contributed by atoms with van der Waals surface area (Å²) >= 11 is 0. The molecule has 3 heterocycles. The number of carbonyl (C=O) groups is 3.